The van der Waals surface area contributed by atoms with E-state index in [9.17, 15) is 9.59 Å². The van der Waals surface area contributed by atoms with Crippen LogP contribution in [0.25, 0.3) is 0 Å². The molecule has 1 aromatic heterocycles. The summed E-state index contributed by atoms with van der Waals surface area (Å²) in [6.45, 7) is 4.03. The third-order valence-corrected chi connectivity index (χ3v) is 2.56. The van der Waals surface area contributed by atoms with Gasteiger partial charge in [-0.3, -0.25) is 4.79 Å². The minimum absolute atomic E-state index is 0.0994. The fraction of sp³-hybridized carbons (Fsp3) is 0.700. The molecule has 1 rings (SSSR count). The van der Waals surface area contributed by atoms with Gasteiger partial charge in [0.15, 0.2) is 5.82 Å². The van der Waals surface area contributed by atoms with Crippen LogP contribution in [-0.2, 0) is 4.79 Å². The molecule has 0 aromatic carbocycles. The molecule has 106 valence electrons. The Bertz CT molecular complexity index is 407. The molecule has 0 saturated heterocycles. The quantitative estimate of drug-likeness (QED) is 0.553. The Hall–Kier alpha value is -2.19. The number of nitrogens with one attached hydrogen (secondary N) is 3. The maximum Gasteiger partial charge on any atom is 0.315 e. The molecular formula is C10H18N6O3. The molecule has 0 aliphatic carbocycles. The van der Waals surface area contributed by atoms with Crippen LogP contribution in [0.4, 0.5) is 4.79 Å². The van der Waals surface area contributed by atoms with Crippen molar-refractivity contribution in [2.24, 2.45) is 5.92 Å². The van der Waals surface area contributed by atoms with Gasteiger partial charge in [0.2, 0.25) is 0 Å². The van der Waals surface area contributed by atoms with Crippen molar-refractivity contribution in [1.29, 1.82) is 0 Å². The van der Waals surface area contributed by atoms with E-state index in [1.54, 1.807) is 6.92 Å². The third-order valence-electron chi connectivity index (χ3n) is 2.56. The van der Waals surface area contributed by atoms with Gasteiger partial charge >= 0.3 is 12.0 Å². The Morgan fingerprint density at radius 2 is 2.16 bits per heavy atom. The van der Waals surface area contributed by atoms with Gasteiger partial charge in [-0.15, -0.1) is 10.2 Å². The van der Waals surface area contributed by atoms with Crippen LogP contribution in [0, 0.1) is 5.92 Å². The number of aromatic nitrogens is 4. The van der Waals surface area contributed by atoms with E-state index in [2.05, 4.69) is 31.3 Å². The van der Waals surface area contributed by atoms with Crippen molar-refractivity contribution in [3.63, 3.8) is 0 Å². The lowest BCUT2D eigenvalue weighted by atomic mass is 10.1. The number of urea groups is 1. The molecular weight excluding hydrogens is 252 g/mol. The van der Waals surface area contributed by atoms with Crippen molar-refractivity contribution in [1.82, 2.24) is 31.3 Å². The predicted molar refractivity (Wildman–Crippen MR) is 65.2 cm³/mol. The number of hydrogen-bond acceptors (Lipinski definition) is 5. The Kier molecular flexibility index (Phi) is 5.71. The third kappa shape index (κ3) is 5.80. The molecule has 2 amide bonds. The van der Waals surface area contributed by atoms with Gasteiger partial charge in [-0.2, -0.15) is 5.21 Å². The molecule has 9 heteroatoms. The van der Waals surface area contributed by atoms with Crippen LogP contribution in [0.2, 0.25) is 0 Å². The summed E-state index contributed by atoms with van der Waals surface area (Å²) in [5, 5.41) is 27.1. The molecule has 2 unspecified atom stereocenters. The first-order chi connectivity index (χ1) is 8.99. The van der Waals surface area contributed by atoms with Crippen molar-refractivity contribution >= 4 is 12.0 Å². The number of aromatic amines is 1. The SMILES string of the molecule is CC(CCC(=O)O)CNC(=O)NC(C)c1nn[nH]n1. The van der Waals surface area contributed by atoms with E-state index in [-0.39, 0.29) is 24.4 Å². The first-order valence-electron chi connectivity index (χ1n) is 5.98. The van der Waals surface area contributed by atoms with Gasteiger partial charge in [-0.05, 0) is 19.3 Å². The summed E-state index contributed by atoms with van der Waals surface area (Å²) < 4.78 is 0. The number of carboxylic acid groups (broad SMARTS) is 1. The number of tetrazole rings is 1. The van der Waals surface area contributed by atoms with Crippen LogP contribution in [-0.4, -0.2) is 44.3 Å². The lowest BCUT2D eigenvalue weighted by molar-refractivity contribution is -0.137. The van der Waals surface area contributed by atoms with E-state index in [0.29, 0.717) is 18.8 Å². The fourth-order valence-corrected chi connectivity index (χ4v) is 1.40. The van der Waals surface area contributed by atoms with E-state index in [0.717, 1.165) is 0 Å². The van der Waals surface area contributed by atoms with Crippen molar-refractivity contribution in [3.05, 3.63) is 5.82 Å². The highest BCUT2D eigenvalue weighted by atomic mass is 16.4. The summed E-state index contributed by atoms with van der Waals surface area (Å²) in [6, 6.07) is -0.701. The summed E-state index contributed by atoms with van der Waals surface area (Å²) >= 11 is 0. The minimum Gasteiger partial charge on any atom is -0.481 e. The van der Waals surface area contributed by atoms with Crippen LogP contribution < -0.4 is 10.6 Å². The molecule has 0 saturated carbocycles. The highest BCUT2D eigenvalue weighted by molar-refractivity contribution is 5.74. The maximum atomic E-state index is 11.6. The zero-order chi connectivity index (χ0) is 14.3. The molecule has 0 bridgehead atoms. The monoisotopic (exact) mass is 270 g/mol. The number of rotatable bonds is 7. The number of aliphatic carboxylic acids is 1. The Morgan fingerprint density at radius 1 is 1.42 bits per heavy atom. The molecule has 9 nitrogen and oxygen atoms in total. The smallest absolute Gasteiger partial charge is 0.315 e. The minimum atomic E-state index is -0.831. The van der Waals surface area contributed by atoms with E-state index >= 15 is 0 Å². The van der Waals surface area contributed by atoms with Gasteiger partial charge in [0.1, 0.15) is 0 Å². The second kappa shape index (κ2) is 7.29. The lowest BCUT2D eigenvalue weighted by Crippen LogP contribution is -2.39. The zero-order valence-corrected chi connectivity index (χ0v) is 10.9. The summed E-state index contributed by atoms with van der Waals surface area (Å²) in [7, 11) is 0. The summed E-state index contributed by atoms with van der Waals surface area (Å²) in [6.07, 6.45) is 0.625. The van der Waals surface area contributed by atoms with E-state index in [4.69, 9.17) is 5.11 Å². The number of carboxylic acids is 1. The topological polar surface area (TPSA) is 133 Å². The summed E-state index contributed by atoms with van der Waals surface area (Å²) in [5.74, 6) is -0.335. The van der Waals surface area contributed by atoms with Gasteiger partial charge < -0.3 is 15.7 Å². The first-order valence-corrected chi connectivity index (χ1v) is 5.98. The van der Waals surface area contributed by atoms with Crippen molar-refractivity contribution in [3.8, 4) is 0 Å². The van der Waals surface area contributed by atoms with Crippen molar-refractivity contribution < 1.29 is 14.7 Å². The van der Waals surface area contributed by atoms with Crippen LogP contribution in [0.1, 0.15) is 38.6 Å². The number of hydrogen-bond donors (Lipinski definition) is 4. The molecule has 0 spiro atoms. The van der Waals surface area contributed by atoms with E-state index in [1.807, 2.05) is 6.92 Å². The van der Waals surface area contributed by atoms with E-state index < -0.39 is 5.97 Å². The molecule has 0 aliphatic rings. The lowest BCUT2D eigenvalue weighted by Gasteiger charge is -2.14. The molecule has 1 aromatic rings. The highest BCUT2D eigenvalue weighted by Gasteiger charge is 2.13. The van der Waals surface area contributed by atoms with E-state index in [1.165, 1.54) is 0 Å². The van der Waals surface area contributed by atoms with Crippen LogP contribution in [0.3, 0.4) is 0 Å². The van der Waals surface area contributed by atoms with Crippen LogP contribution in [0.5, 0.6) is 0 Å². The van der Waals surface area contributed by atoms with Gasteiger partial charge in [-0.25, -0.2) is 4.79 Å². The number of carbonyl (C=O) groups is 2. The molecule has 0 aliphatic heterocycles. The second-order valence-corrected chi connectivity index (χ2v) is 4.38. The average molecular weight is 270 g/mol. The molecule has 2 atom stereocenters. The van der Waals surface area contributed by atoms with Crippen molar-refractivity contribution in [2.45, 2.75) is 32.7 Å². The summed E-state index contributed by atoms with van der Waals surface area (Å²) in [4.78, 5) is 22.0. The van der Waals surface area contributed by atoms with Gasteiger partial charge in [-0.1, -0.05) is 12.1 Å². The van der Waals surface area contributed by atoms with Crippen LogP contribution >= 0.6 is 0 Å². The predicted octanol–water partition coefficient (Wildman–Crippen LogP) is 0.0608. The van der Waals surface area contributed by atoms with Gasteiger partial charge in [0, 0.05) is 13.0 Å². The maximum absolute atomic E-state index is 11.6. The largest absolute Gasteiger partial charge is 0.481 e. The first kappa shape index (κ1) is 14.9. The molecule has 0 fully saturated rings. The Morgan fingerprint density at radius 3 is 2.74 bits per heavy atom. The van der Waals surface area contributed by atoms with Gasteiger partial charge in [0.25, 0.3) is 0 Å². The fourth-order valence-electron chi connectivity index (χ4n) is 1.40. The second-order valence-electron chi connectivity index (χ2n) is 4.38. The molecule has 0 radical (unpaired) electrons. The molecule has 1 heterocycles. The van der Waals surface area contributed by atoms with Gasteiger partial charge in [0.05, 0.1) is 6.04 Å². The average Bonchev–Trinajstić information content (AvgIpc) is 2.87. The number of amides is 2. The Balaban J connectivity index is 2.22. The number of nitrogens with zero attached hydrogens (tertiary/aromatic N) is 3. The number of carbonyl (C=O) groups excluding carboxylic acids is 1. The standard InChI is InChI=1S/C10H18N6O3/c1-6(3-4-8(17)18)5-11-10(19)12-7(2)9-13-15-16-14-9/h6-7H,3-5H2,1-2H3,(H,17,18)(H2,11,12,19)(H,13,14,15,16). The van der Waals surface area contributed by atoms with Crippen LogP contribution in [0.15, 0.2) is 0 Å². The zero-order valence-electron chi connectivity index (χ0n) is 10.9. The highest BCUT2D eigenvalue weighted by Crippen LogP contribution is 2.05. The summed E-state index contributed by atoms with van der Waals surface area (Å²) in [5.41, 5.74) is 0. The number of H-pyrrole nitrogens is 1. The normalized spacial score (nSPS) is 13.6. The van der Waals surface area contributed by atoms with Crippen molar-refractivity contribution in [2.75, 3.05) is 6.54 Å². The Labute approximate surface area is 110 Å². The molecule has 19 heavy (non-hydrogen) atoms. The molecule has 4 N–H and O–H groups in total.